The highest BCUT2D eigenvalue weighted by molar-refractivity contribution is 5.97. The quantitative estimate of drug-likeness (QED) is 0.0701. The number of hydrogen-bond donors (Lipinski definition) is 10. The number of benzene rings is 1. The lowest BCUT2D eigenvalue weighted by Gasteiger charge is -2.27. The van der Waals surface area contributed by atoms with Crippen molar-refractivity contribution in [3.8, 4) is 0 Å². The van der Waals surface area contributed by atoms with Gasteiger partial charge in [0.05, 0.1) is 25.5 Å². The van der Waals surface area contributed by atoms with Crippen LogP contribution in [0.1, 0.15) is 39.2 Å². The number of nitrogens with two attached hydrogens (primary N) is 1. The van der Waals surface area contributed by atoms with E-state index >= 15 is 0 Å². The lowest BCUT2D eigenvalue weighted by Crippen LogP contribution is -2.60. The summed E-state index contributed by atoms with van der Waals surface area (Å²) in [4.78, 5) is 97.3. The van der Waals surface area contributed by atoms with Gasteiger partial charge in [-0.2, -0.15) is 0 Å². The Morgan fingerprint density at radius 2 is 1.17 bits per heavy atom. The SMILES string of the molecule is CC(NC(=O)C(Cc1ccccc1)NC(=O)C(CO)NC(=O)C(NC(=O)C(N)CC(=O)O)C(C)C)C(=O)NC(CC(=O)O)C(=O)O. The molecule has 1 aromatic carbocycles. The number of rotatable bonds is 19. The van der Waals surface area contributed by atoms with Gasteiger partial charge >= 0.3 is 17.9 Å². The summed E-state index contributed by atoms with van der Waals surface area (Å²) in [5, 5.41) is 48.1. The third kappa shape index (κ3) is 13.3. The molecular formula is C28H40N6O12. The van der Waals surface area contributed by atoms with Crippen molar-refractivity contribution in [2.24, 2.45) is 11.7 Å². The van der Waals surface area contributed by atoms with Crippen LogP contribution in [0.3, 0.4) is 0 Å². The molecule has 0 aromatic heterocycles. The number of aliphatic carboxylic acids is 3. The van der Waals surface area contributed by atoms with E-state index in [1.807, 2.05) is 5.32 Å². The lowest BCUT2D eigenvalue weighted by molar-refractivity contribution is -0.147. The second kappa shape index (κ2) is 18.6. The molecule has 0 aliphatic carbocycles. The molecule has 254 valence electrons. The first-order valence-corrected chi connectivity index (χ1v) is 14.0. The van der Waals surface area contributed by atoms with Gasteiger partial charge in [0, 0.05) is 6.42 Å². The van der Waals surface area contributed by atoms with Crippen molar-refractivity contribution in [1.29, 1.82) is 0 Å². The first-order valence-electron chi connectivity index (χ1n) is 14.0. The summed E-state index contributed by atoms with van der Waals surface area (Å²) in [5.41, 5.74) is 6.12. The van der Waals surface area contributed by atoms with Crippen LogP contribution >= 0.6 is 0 Å². The zero-order valence-corrected chi connectivity index (χ0v) is 25.4. The summed E-state index contributed by atoms with van der Waals surface area (Å²) in [7, 11) is 0. The highest BCUT2D eigenvalue weighted by Crippen LogP contribution is 2.07. The summed E-state index contributed by atoms with van der Waals surface area (Å²) >= 11 is 0. The zero-order valence-electron chi connectivity index (χ0n) is 25.4. The molecule has 6 unspecified atom stereocenters. The van der Waals surface area contributed by atoms with Gasteiger partial charge in [0.2, 0.25) is 29.5 Å². The van der Waals surface area contributed by atoms with Crippen molar-refractivity contribution in [3.05, 3.63) is 35.9 Å². The van der Waals surface area contributed by atoms with Gasteiger partial charge in [-0.25, -0.2) is 4.79 Å². The molecule has 0 saturated carbocycles. The predicted molar refractivity (Wildman–Crippen MR) is 158 cm³/mol. The predicted octanol–water partition coefficient (Wildman–Crippen LogP) is -3.32. The number of hydrogen-bond acceptors (Lipinski definition) is 10. The van der Waals surface area contributed by atoms with Crippen molar-refractivity contribution in [1.82, 2.24) is 26.6 Å². The molecule has 46 heavy (non-hydrogen) atoms. The highest BCUT2D eigenvalue weighted by Gasteiger charge is 2.33. The largest absolute Gasteiger partial charge is 0.481 e. The van der Waals surface area contributed by atoms with Crippen LogP contribution in [0.2, 0.25) is 0 Å². The minimum atomic E-state index is -1.77. The van der Waals surface area contributed by atoms with E-state index in [0.717, 1.165) is 0 Å². The number of nitrogens with one attached hydrogen (secondary N) is 5. The lowest BCUT2D eigenvalue weighted by atomic mass is 10.0. The van der Waals surface area contributed by atoms with E-state index in [1.165, 1.54) is 6.92 Å². The van der Waals surface area contributed by atoms with E-state index in [9.17, 15) is 48.6 Å². The van der Waals surface area contributed by atoms with Gasteiger partial charge in [-0.05, 0) is 18.4 Å². The average Bonchev–Trinajstić information content (AvgIpc) is 2.97. The highest BCUT2D eigenvalue weighted by atomic mass is 16.4. The van der Waals surface area contributed by atoms with Crippen LogP contribution < -0.4 is 32.3 Å². The van der Waals surface area contributed by atoms with Crippen molar-refractivity contribution < 1.29 is 58.8 Å². The smallest absolute Gasteiger partial charge is 0.326 e. The van der Waals surface area contributed by atoms with Crippen LogP contribution in [0.4, 0.5) is 0 Å². The van der Waals surface area contributed by atoms with E-state index in [2.05, 4.69) is 21.3 Å². The van der Waals surface area contributed by atoms with Crippen LogP contribution in [0.25, 0.3) is 0 Å². The molecule has 1 rings (SSSR count). The molecule has 18 heteroatoms. The Balaban J connectivity index is 3.09. The maximum atomic E-state index is 13.2. The molecule has 0 aliphatic rings. The summed E-state index contributed by atoms with van der Waals surface area (Å²) in [5.74, 6) is -9.79. The zero-order chi connectivity index (χ0) is 35.1. The molecule has 0 heterocycles. The Bertz CT molecular complexity index is 1270. The Hall–Kier alpha value is -5.10. The van der Waals surface area contributed by atoms with E-state index in [4.69, 9.17) is 15.9 Å². The van der Waals surface area contributed by atoms with E-state index in [1.54, 1.807) is 44.2 Å². The Kier molecular flexibility index (Phi) is 15.8. The number of amides is 5. The summed E-state index contributed by atoms with van der Waals surface area (Å²) in [6.07, 6.45) is -1.74. The van der Waals surface area contributed by atoms with E-state index in [-0.39, 0.29) is 6.42 Å². The fraction of sp³-hybridized carbons (Fsp3) is 0.500. The number of aliphatic hydroxyl groups excluding tert-OH is 1. The minimum absolute atomic E-state index is 0.123. The molecule has 0 spiro atoms. The van der Waals surface area contributed by atoms with Crippen LogP contribution in [0, 0.1) is 5.92 Å². The normalized spacial score (nSPS) is 14.7. The van der Waals surface area contributed by atoms with Crippen molar-refractivity contribution in [3.63, 3.8) is 0 Å². The molecule has 11 N–H and O–H groups in total. The average molecular weight is 653 g/mol. The topological polar surface area (TPSA) is 304 Å². The summed E-state index contributed by atoms with van der Waals surface area (Å²) in [6.45, 7) is 3.37. The molecule has 0 radical (unpaired) electrons. The second-order valence-corrected chi connectivity index (χ2v) is 10.7. The molecule has 0 saturated heterocycles. The summed E-state index contributed by atoms with van der Waals surface area (Å²) in [6, 6.07) is -0.603. The Labute approximate surface area is 263 Å². The van der Waals surface area contributed by atoms with Gasteiger partial charge in [0.1, 0.15) is 30.2 Å². The Morgan fingerprint density at radius 1 is 0.652 bits per heavy atom. The first-order chi connectivity index (χ1) is 21.5. The number of carboxylic acids is 3. The maximum Gasteiger partial charge on any atom is 0.326 e. The molecule has 1 aromatic rings. The molecular weight excluding hydrogens is 612 g/mol. The van der Waals surface area contributed by atoms with Crippen LogP contribution in [0.5, 0.6) is 0 Å². The summed E-state index contributed by atoms with van der Waals surface area (Å²) < 4.78 is 0. The second-order valence-electron chi connectivity index (χ2n) is 10.7. The van der Waals surface area contributed by atoms with Crippen LogP contribution in [0.15, 0.2) is 30.3 Å². The van der Waals surface area contributed by atoms with Gasteiger partial charge in [-0.1, -0.05) is 44.2 Å². The van der Waals surface area contributed by atoms with E-state index in [0.29, 0.717) is 5.56 Å². The minimum Gasteiger partial charge on any atom is -0.481 e. The number of carbonyl (C=O) groups excluding carboxylic acids is 5. The van der Waals surface area contributed by atoms with E-state index < -0.39 is 109 Å². The molecule has 0 aliphatic heterocycles. The van der Waals surface area contributed by atoms with Crippen molar-refractivity contribution in [2.45, 2.75) is 76.3 Å². The van der Waals surface area contributed by atoms with Crippen molar-refractivity contribution >= 4 is 47.4 Å². The van der Waals surface area contributed by atoms with Gasteiger partial charge in [-0.15, -0.1) is 0 Å². The monoisotopic (exact) mass is 652 g/mol. The van der Waals surface area contributed by atoms with Crippen LogP contribution in [-0.2, 0) is 44.8 Å². The third-order valence-corrected chi connectivity index (χ3v) is 6.45. The molecule has 6 atom stereocenters. The Morgan fingerprint density at radius 3 is 1.67 bits per heavy atom. The molecule has 5 amide bonds. The third-order valence-electron chi connectivity index (χ3n) is 6.45. The number of carboxylic acid groups (broad SMARTS) is 3. The maximum absolute atomic E-state index is 13.2. The van der Waals surface area contributed by atoms with Crippen LogP contribution in [-0.4, -0.2) is 111 Å². The van der Waals surface area contributed by atoms with Gasteiger partial charge in [0.25, 0.3) is 0 Å². The number of carbonyl (C=O) groups is 8. The number of aliphatic hydroxyl groups is 1. The van der Waals surface area contributed by atoms with Crippen molar-refractivity contribution in [2.75, 3.05) is 6.61 Å². The first kappa shape index (κ1) is 38.9. The standard InChI is InChI=1S/C28H40N6O12/c1-13(2)22(34-24(41)16(29)10-20(36)37)27(44)33-19(12-35)26(43)31-17(9-15-7-5-4-6-8-15)25(42)30-14(3)23(40)32-18(28(45)46)11-21(38)39/h4-8,13-14,16-19,22,35H,9-12,29H2,1-3H3,(H,30,42)(H,31,43)(H,32,40)(H,33,44)(H,34,41)(H,36,37)(H,38,39)(H,45,46). The fourth-order valence-corrected chi connectivity index (χ4v) is 3.91. The molecule has 0 bridgehead atoms. The molecule has 0 fully saturated rings. The fourth-order valence-electron chi connectivity index (χ4n) is 3.91. The van der Waals surface area contributed by atoms with Gasteiger partial charge in [0.15, 0.2) is 0 Å². The molecule has 18 nitrogen and oxygen atoms in total. The van der Waals surface area contributed by atoms with Gasteiger partial charge in [-0.3, -0.25) is 33.6 Å². The van der Waals surface area contributed by atoms with Gasteiger partial charge < -0.3 is 52.7 Å².